The van der Waals surface area contributed by atoms with E-state index in [0.29, 0.717) is 12.1 Å². The van der Waals surface area contributed by atoms with Gasteiger partial charge in [0.25, 0.3) is 0 Å². The Balaban J connectivity index is 1.51. The Hall–Kier alpha value is -0.160. The molecule has 104 valence electrons. The zero-order valence-electron chi connectivity index (χ0n) is 11.4. The molecule has 2 bridgehead atoms. The van der Waals surface area contributed by atoms with Crippen LogP contribution >= 0.6 is 0 Å². The molecule has 3 heterocycles. The zero-order chi connectivity index (χ0) is 12.6. The van der Waals surface area contributed by atoms with Gasteiger partial charge >= 0.3 is 0 Å². The molecule has 0 radical (unpaired) electrons. The maximum atomic E-state index is 10.6. The fourth-order valence-corrected chi connectivity index (χ4v) is 4.04. The first kappa shape index (κ1) is 12.9. The number of rotatable bonds is 3. The maximum Gasteiger partial charge on any atom is 0.118 e. The average Bonchev–Trinajstić information content (AvgIpc) is 2.55. The minimum atomic E-state index is -0.463. The van der Waals surface area contributed by atoms with Crippen molar-refractivity contribution >= 4 is 0 Å². The highest BCUT2D eigenvalue weighted by molar-refractivity contribution is 4.97. The third-order valence-electron chi connectivity index (χ3n) is 5.26. The van der Waals surface area contributed by atoms with Crippen molar-refractivity contribution in [2.24, 2.45) is 5.73 Å². The molecule has 3 rings (SSSR count). The number of aliphatic hydroxyl groups is 1. The summed E-state index contributed by atoms with van der Waals surface area (Å²) in [6.45, 7) is 4.41. The van der Waals surface area contributed by atoms with Crippen LogP contribution in [0.3, 0.4) is 0 Å². The second-order valence-electron chi connectivity index (χ2n) is 6.44. The van der Waals surface area contributed by atoms with Crippen molar-refractivity contribution in [1.29, 1.82) is 0 Å². The van der Waals surface area contributed by atoms with E-state index >= 15 is 0 Å². The van der Waals surface area contributed by atoms with Crippen LogP contribution in [0.4, 0.5) is 0 Å². The molecule has 3 N–H and O–H groups in total. The maximum absolute atomic E-state index is 10.6. The fraction of sp³-hybridized carbons (Fsp3) is 1.00. The lowest BCUT2D eigenvalue weighted by molar-refractivity contribution is -0.120. The second kappa shape index (κ2) is 5.08. The van der Waals surface area contributed by atoms with Crippen LogP contribution in [-0.4, -0.2) is 58.9 Å². The van der Waals surface area contributed by atoms with E-state index in [1.54, 1.807) is 0 Å². The lowest BCUT2D eigenvalue weighted by Gasteiger charge is -2.42. The molecular formula is C14H27N3O. The lowest BCUT2D eigenvalue weighted by Crippen LogP contribution is -2.53. The summed E-state index contributed by atoms with van der Waals surface area (Å²) >= 11 is 0. The number of hydrogen-bond acceptors (Lipinski definition) is 4. The van der Waals surface area contributed by atoms with Gasteiger partial charge in [-0.25, -0.2) is 0 Å². The molecule has 2 unspecified atom stereocenters. The molecule has 4 heteroatoms. The number of piperidine rings is 2. The number of nitrogens with zero attached hydrogens (tertiary/aromatic N) is 2. The van der Waals surface area contributed by atoms with Gasteiger partial charge in [-0.05, 0) is 58.0 Å². The van der Waals surface area contributed by atoms with Gasteiger partial charge in [-0.15, -0.1) is 0 Å². The van der Waals surface area contributed by atoms with Crippen LogP contribution in [0.1, 0.15) is 44.9 Å². The summed E-state index contributed by atoms with van der Waals surface area (Å²) < 4.78 is 0. The Morgan fingerprint density at radius 2 is 1.83 bits per heavy atom. The minimum Gasteiger partial charge on any atom is -0.376 e. The summed E-state index contributed by atoms with van der Waals surface area (Å²) in [6, 6.07) is 1.06. The molecule has 0 saturated carbocycles. The van der Waals surface area contributed by atoms with Crippen LogP contribution in [0.25, 0.3) is 0 Å². The van der Waals surface area contributed by atoms with Crippen LogP contribution in [-0.2, 0) is 0 Å². The van der Waals surface area contributed by atoms with Crippen LogP contribution in [0.5, 0.6) is 0 Å². The molecule has 0 aliphatic carbocycles. The van der Waals surface area contributed by atoms with Gasteiger partial charge < -0.3 is 15.7 Å². The second-order valence-corrected chi connectivity index (χ2v) is 6.44. The number of nitrogens with two attached hydrogens (primary N) is 1. The van der Waals surface area contributed by atoms with Gasteiger partial charge in [0.1, 0.15) is 5.72 Å². The molecule has 0 aromatic rings. The van der Waals surface area contributed by atoms with Gasteiger partial charge in [-0.2, -0.15) is 0 Å². The highest BCUT2D eigenvalue weighted by Gasteiger charge is 2.46. The molecule has 3 fully saturated rings. The van der Waals surface area contributed by atoms with Crippen molar-refractivity contribution in [2.45, 2.75) is 62.8 Å². The van der Waals surface area contributed by atoms with Crippen LogP contribution in [0, 0.1) is 0 Å². The lowest BCUT2D eigenvalue weighted by atomic mass is 9.99. The molecule has 0 spiro atoms. The Labute approximate surface area is 110 Å². The third kappa shape index (κ3) is 2.44. The molecule has 3 aliphatic heterocycles. The predicted octanol–water partition coefficient (Wildman–Crippen LogP) is 0.746. The van der Waals surface area contributed by atoms with E-state index in [4.69, 9.17) is 5.73 Å². The monoisotopic (exact) mass is 253 g/mol. The van der Waals surface area contributed by atoms with E-state index in [9.17, 15) is 5.11 Å². The summed E-state index contributed by atoms with van der Waals surface area (Å²) in [5.41, 5.74) is 5.47. The Kier molecular flexibility index (Phi) is 3.63. The molecule has 0 amide bonds. The summed E-state index contributed by atoms with van der Waals surface area (Å²) in [7, 11) is 0. The van der Waals surface area contributed by atoms with E-state index < -0.39 is 5.72 Å². The molecule has 0 aromatic carbocycles. The Morgan fingerprint density at radius 1 is 1.06 bits per heavy atom. The van der Waals surface area contributed by atoms with E-state index in [1.165, 1.54) is 19.3 Å². The van der Waals surface area contributed by atoms with E-state index in [2.05, 4.69) is 9.80 Å². The van der Waals surface area contributed by atoms with Crippen LogP contribution in [0.2, 0.25) is 0 Å². The minimum absolute atomic E-state index is 0.414. The summed E-state index contributed by atoms with van der Waals surface area (Å²) in [5, 5.41) is 10.6. The summed E-state index contributed by atoms with van der Waals surface area (Å²) in [5.74, 6) is 0. The Morgan fingerprint density at radius 3 is 2.56 bits per heavy atom. The smallest absolute Gasteiger partial charge is 0.118 e. The van der Waals surface area contributed by atoms with Gasteiger partial charge in [0.2, 0.25) is 0 Å². The first-order valence-electron chi connectivity index (χ1n) is 7.64. The summed E-state index contributed by atoms with van der Waals surface area (Å²) in [4.78, 5) is 4.91. The SMILES string of the molecule is NC1CCN(CCN2C3CCCC2(O)CC3)CC1. The van der Waals surface area contributed by atoms with Gasteiger partial charge in [-0.1, -0.05) is 0 Å². The first-order valence-corrected chi connectivity index (χ1v) is 7.64. The zero-order valence-corrected chi connectivity index (χ0v) is 11.4. The van der Waals surface area contributed by atoms with Crippen molar-refractivity contribution in [3.63, 3.8) is 0 Å². The van der Waals surface area contributed by atoms with E-state index in [0.717, 1.165) is 51.9 Å². The van der Waals surface area contributed by atoms with Crippen LogP contribution < -0.4 is 5.73 Å². The molecule has 3 saturated heterocycles. The van der Waals surface area contributed by atoms with Crippen molar-refractivity contribution in [3.05, 3.63) is 0 Å². The topological polar surface area (TPSA) is 52.7 Å². The predicted molar refractivity (Wildman–Crippen MR) is 72.2 cm³/mol. The molecule has 18 heavy (non-hydrogen) atoms. The molecule has 2 atom stereocenters. The van der Waals surface area contributed by atoms with Crippen LogP contribution in [0.15, 0.2) is 0 Å². The largest absolute Gasteiger partial charge is 0.376 e. The van der Waals surface area contributed by atoms with Crippen molar-refractivity contribution in [3.8, 4) is 0 Å². The standard InChI is InChI=1S/C14H27N3O/c15-12-4-8-16(9-5-12)10-11-17-13-2-1-6-14(17,18)7-3-13/h12-13,18H,1-11,15H2. The normalized spacial score (nSPS) is 39.3. The fourth-order valence-electron chi connectivity index (χ4n) is 4.04. The van der Waals surface area contributed by atoms with Gasteiger partial charge in [0, 0.05) is 25.2 Å². The number of hydrogen-bond donors (Lipinski definition) is 2. The number of likely N-dealkylation sites (tertiary alicyclic amines) is 1. The van der Waals surface area contributed by atoms with Gasteiger partial charge in [0.15, 0.2) is 0 Å². The Bertz CT molecular complexity index is 287. The molecular weight excluding hydrogens is 226 g/mol. The summed E-state index contributed by atoms with van der Waals surface area (Å²) in [6.07, 6.45) is 7.92. The van der Waals surface area contributed by atoms with E-state index in [1.807, 2.05) is 0 Å². The van der Waals surface area contributed by atoms with Crippen molar-refractivity contribution in [1.82, 2.24) is 9.80 Å². The molecule has 4 nitrogen and oxygen atoms in total. The third-order valence-corrected chi connectivity index (χ3v) is 5.26. The highest BCUT2D eigenvalue weighted by atomic mass is 16.3. The van der Waals surface area contributed by atoms with Crippen molar-refractivity contribution < 1.29 is 5.11 Å². The van der Waals surface area contributed by atoms with Gasteiger partial charge in [-0.3, -0.25) is 4.90 Å². The van der Waals surface area contributed by atoms with Gasteiger partial charge in [0.05, 0.1) is 0 Å². The molecule has 3 aliphatic rings. The van der Waals surface area contributed by atoms with E-state index in [-0.39, 0.29) is 0 Å². The van der Waals surface area contributed by atoms with Crippen molar-refractivity contribution in [2.75, 3.05) is 26.2 Å². The first-order chi connectivity index (χ1) is 8.67. The quantitative estimate of drug-likeness (QED) is 0.779. The highest BCUT2D eigenvalue weighted by Crippen LogP contribution is 2.41. The average molecular weight is 253 g/mol. The number of fused-ring (bicyclic) bond motifs is 2. The molecule has 0 aromatic heterocycles.